The van der Waals surface area contributed by atoms with E-state index >= 15 is 0 Å². The monoisotopic (exact) mass is 405 g/mol. The summed E-state index contributed by atoms with van der Waals surface area (Å²) in [5, 5.41) is 0. The maximum absolute atomic E-state index is 6.27. The molecule has 0 aliphatic carbocycles. The van der Waals surface area contributed by atoms with Crippen molar-refractivity contribution < 1.29 is 18.9 Å². The number of benzene rings is 2. The van der Waals surface area contributed by atoms with Gasteiger partial charge in [-0.2, -0.15) is 0 Å². The van der Waals surface area contributed by atoms with E-state index in [4.69, 9.17) is 23.9 Å². The van der Waals surface area contributed by atoms with Crippen LogP contribution in [-0.4, -0.2) is 32.4 Å². The molecule has 0 N–H and O–H groups in total. The molecule has 1 fully saturated rings. The lowest BCUT2D eigenvalue weighted by molar-refractivity contribution is -0.251. The third-order valence-electron chi connectivity index (χ3n) is 5.51. The third kappa shape index (κ3) is 3.78. The Morgan fingerprint density at radius 1 is 0.867 bits per heavy atom. The summed E-state index contributed by atoms with van der Waals surface area (Å²) in [7, 11) is 3.24. The van der Waals surface area contributed by atoms with Crippen LogP contribution in [0.4, 0.5) is 0 Å². The van der Waals surface area contributed by atoms with Crippen LogP contribution in [0.2, 0.25) is 0 Å². The number of nitrogens with zero attached hydrogens (tertiary/aromatic N) is 1. The van der Waals surface area contributed by atoms with Crippen molar-refractivity contribution in [3.8, 4) is 11.5 Å². The Hall–Kier alpha value is -2.89. The first-order valence-electron chi connectivity index (χ1n) is 10.2. The summed E-state index contributed by atoms with van der Waals surface area (Å²) < 4.78 is 23.4. The molecule has 1 saturated heterocycles. The van der Waals surface area contributed by atoms with Crippen LogP contribution in [0.15, 0.2) is 66.7 Å². The Balaban J connectivity index is 1.78. The second kappa shape index (κ2) is 8.86. The average Bonchev–Trinajstić information content (AvgIpc) is 2.84. The summed E-state index contributed by atoms with van der Waals surface area (Å²) in [5.74, 6) is 0.356. The lowest BCUT2D eigenvalue weighted by Gasteiger charge is -2.37. The van der Waals surface area contributed by atoms with Gasteiger partial charge in [-0.3, -0.25) is 4.98 Å². The van der Waals surface area contributed by atoms with Crippen molar-refractivity contribution in [1.29, 1.82) is 0 Å². The Bertz CT molecular complexity index is 983. The van der Waals surface area contributed by atoms with Crippen LogP contribution >= 0.6 is 0 Å². The molecular weight excluding hydrogens is 378 g/mol. The van der Waals surface area contributed by atoms with E-state index in [1.54, 1.807) is 14.2 Å². The highest BCUT2D eigenvalue weighted by atomic mass is 16.7. The molecule has 2 heterocycles. The summed E-state index contributed by atoms with van der Waals surface area (Å²) in [6.45, 7) is 3.34. The molecule has 0 spiro atoms. The smallest absolute Gasteiger partial charge is 0.240 e. The van der Waals surface area contributed by atoms with Crippen LogP contribution in [0.1, 0.15) is 41.8 Å². The van der Waals surface area contributed by atoms with Crippen molar-refractivity contribution in [2.75, 3.05) is 27.4 Å². The minimum Gasteiger partial charge on any atom is -0.493 e. The molecule has 2 aromatic carbocycles. The second-order valence-electron chi connectivity index (χ2n) is 7.32. The van der Waals surface area contributed by atoms with E-state index in [1.807, 2.05) is 54.6 Å². The molecule has 156 valence electrons. The van der Waals surface area contributed by atoms with Gasteiger partial charge in [0.2, 0.25) is 5.79 Å². The summed E-state index contributed by atoms with van der Waals surface area (Å²) in [6, 6.07) is 22.1. The number of aromatic nitrogens is 1. The first kappa shape index (κ1) is 20.4. The first-order chi connectivity index (χ1) is 14.7. The molecule has 0 amide bonds. The largest absolute Gasteiger partial charge is 0.493 e. The highest BCUT2D eigenvalue weighted by Gasteiger charge is 2.41. The molecule has 4 rings (SSSR count). The lowest BCUT2D eigenvalue weighted by Crippen LogP contribution is -2.40. The topological polar surface area (TPSA) is 49.8 Å². The van der Waals surface area contributed by atoms with Gasteiger partial charge >= 0.3 is 0 Å². The zero-order chi connectivity index (χ0) is 21.0. The summed E-state index contributed by atoms with van der Waals surface area (Å²) in [4.78, 5) is 5.00. The molecule has 0 bridgehead atoms. The minimum atomic E-state index is -1.08. The number of hydrogen-bond acceptors (Lipinski definition) is 5. The Morgan fingerprint density at radius 2 is 1.60 bits per heavy atom. The van der Waals surface area contributed by atoms with Gasteiger partial charge in [-0.25, -0.2) is 0 Å². The van der Waals surface area contributed by atoms with Crippen molar-refractivity contribution >= 4 is 0 Å². The molecule has 5 heteroatoms. The van der Waals surface area contributed by atoms with Gasteiger partial charge in [-0.15, -0.1) is 0 Å². The Kier molecular flexibility index (Phi) is 6.02. The van der Waals surface area contributed by atoms with Gasteiger partial charge in [0, 0.05) is 17.2 Å². The van der Waals surface area contributed by atoms with E-state index in [0.717, 1.165) is 23.4 Å². The Morgan fingerprint density at radius 3 is 2.30 bits per heavy atom. The summed E-state index contributed by atoms with van der Waals surface area (Å²) in [6.07, 6.45) is 0.842. The molecule has 0 saturated carbocycles. The standard InChI is InChI=1S/C25H27NO4/c1-18(19-9-5-4-6-10-19)21-11-7-12-24(26-21)25(29-15-8-16-30-25)20-13-14-22(27-2)23(17-20)28-3/h4-7,9-14,17-18H,8,15-16H2,1-3H3. The second-order valence-corrected chi connectivity index (χ2v) is 7.32. The molecule has 1 unspecified atom stereocenters. The average molecular weight is 405 g/mol. The van der Waals surface area contributed by atoms with Crippen LogP contribution in [0, 0.1) is 0 Å². The van der Waals surface area contributed by atoms with Crippen molar-refractivity contribution in [3.63, 3.8) is 0 Å². The van der Waals surface area contributed by atoms with E-state index in [-0.39, 0.29) is 5.92 Å². The van der Waals surface area contributed by atoms with Crippen molar-refractivity contribution in [1.82, 2.24) is 4.98 Å². The zero-order valence-electron chi connectivity index (χ0n) is 17.6. The summed E-state index contributed by atoms with van der Waals surface area (Å²) in [5.41, 5.74) is 3.75. The molecule has 3 aromatic rings. The van der Waals surface area contributed by atoms with Gasteiger partial charge in [-0.05, 0) is 42.3 Å². The van der Waals surface area contributed by atoms with Gasteiger partial charge in [0.05, 0.1) is 27.4 Å². The van der Waals surface area contributed by atoms with E-state index in [9.17, 15) is 0 Å². The predicted octanol–water partition coefficient (Wildman–Crippen LogP) is 4.89. The predicted molar refractivity (Wildman–Crippen MR) is 115 cm³/mol. The van der Waals surface area contributed by atoms with E-state index in [1.165, 1.54) is 5.56 Å². The van der Waals surface area contributed by atoms with E-state index < -0.39 is 5.79 Å². The first-order valence-corrected chi connectivity index (χ1v) is 10.2. The quantitative estimate of drug-likeness (QED) is 0.584. The van der Waals surface area contributed by atoms with Crippen LogP contribution in [0.25, 0.3) is 0 Å². The van der Waals surface area contributed by atoms with Gasteiger partial charge in [0.15, 0.2) is 11.5 Å². The number of methoxy groups -OCH3 is 2. The maximum Gasteiger partial charge on any atom is 0.240 e. The van der Waals surface area contributed by atoms with Gasteiger partial charge in [0.25, 0.3) is 0 Å². The molecule has 1 aromatic heterocycles. The van der Waals surface area contributed by atoms with Gasteiger partial charge in [0.1, 0.15) is 5.69 Å². The van der Waals surface area contributed by atoms with Crippen molar-refractivity contribution in [2.24, 2.45) is 0 Å². The van der Waals surface area contributed by atoms with Crippen LogP contribution in [0.3, 0.4) is 0 Å². The molecular formula is C25H27NO4. The summed E-state index contributed by atoms with van der Waals surface area (Å²) >= 11 is 0. The normalized spacial score (nSPS) is 16.6. The number of rotatable bonds is 6. The number of pyridine rings is 1. The molecule has 1 aliphatic heterocycles. The lowest BCUT2D eigenvalue weighted by atomic mass is 9.95. The highest BCUT2D eigenvalue weighted by Crippen LogP contribution is 2.41. The van der Waals surface area contributed by atoms with E-state index in [0.29, 0.717) is 24.7 Å². The molecule has 1 atom stereocenters. The number of hydrogen-bond donors (Lipinski definition) is 0. The van der Waals surface area contributed by atoms with Gasteiger partial charge < -0.3 is 18.9 Å². The van der Waals surface area contributed by atoms with Crippen LogP contribution < -0.4 is 9.47 Å². The van der Waals surface area contributed by atoms with E-state index in [2.05, 4.69) is 19.1 Å². The molecule has 5 nitrogen and oxygen atoms in total. The molecule has 1 aliphatic rings. The minimum absolute atomic E-state index is 0.150. The van der Waals surface area contributed by atoms with Crippen molar-refractivity contribution in [3.05, 3.63) is 89.2 Å². The fourth-order valence-electron chi connectivity index (χ4n) is 3.82. The third-order valence-corrected chi connectivity index (χ3v) is 5.51. The van der Waals surface area contributed by atoms with Crippen LogP contribution in [0.5, 0.6) is 11.5 Å². The Labute approximate surface area is 177 Å². The fraction of sp³-hybridized carbons (Fsp3) is 0.320. The molecule has 0 radical (unpaired) electrons. The SMILES string of the molecule is COc1ccc(C2(c3cccc(C(C)c4ccccc4)n3)OCCCO2)cc1OC. The molecule has 30 heavy (non-hydrogen) atoms. The maximum atomic E-state index is 6.27. The van der Waals surface area contributed by atoms with Crippen molar-refractivity contribution in [2.45, 2.75) is 25.0 Å². The zero-order valence-corrected chi connectivity index (χ0v) is 17.6. The van der Waals surface area contributed by atoms with Gasteiger partial charge in [-0.1, -0.05) is 43.3 Å². The highest BCUT2D eigenvalue weighted by molar-refractivity contribution is 5.46. The van der Waals surface area contributed by atoms with Crippen LogP contribution in [-0.2, 0) is 15.3 Å². The fourth-order valence-corrected chi connectivity index (χ4v) is 3.82. The number of ether oxygens (including phenoxy) is 4.